The predicted molar refractivity (Wildman–Crippen MR) is 33.9 cm³/mol. The molecule has 0 amide bonds. The smallest absolute Gasteiger partial charge is 0.170 e. The fourth-order valence-electron chi connectivity index (χ4n) is 1.43. The zero-order valence-corrected chi connectivity index (χ0v) is 5.31. The van der Waals surface area contributed by atoms with Gasteiger partial charge in [-0.25, -0.2) is 0 Å². The van der Waals surface area contributed by atoms with Crippen LogP contribution in [0.4, 0.5) is 0 Å². The van der Waals surface area contributed by atoms with E-state index in [4.69, 9.17) is 9.47 Å². The van der Waals surface area contributed by atoms with Gasteiger partial charge in [0.05, 0.1) is 0 Å². The fraction of sp³-hybridized carbons (Fsp3) is 0.250. The van der Waals surface area contributed by atoms with Gasteiger partial charge in [-0.15, -0.1) is 0 Å². The Morgan fingerprint density at radius 3 is 3.20 bits per heavy atom. The van der Waals surface area contributed by atoms with Crippen molar-refractivity contribution in [2.24, 2.45) is 0 Å². The zero-order valence-electron chi connectivity index (χ0n) is 5.31. The third-order valence-corrected chi connectivity index (χ3v) is 1.98. The molecule has 0 saturated heterocycles. The largest absolute Gasteiger partial charge is 0.485 e. The SMILES string of the molecule is [c]1cc2c3c(c1OC3)OC2. The predicted octanol–water partition coefficient (Wildman–Crippen LogP) is 1.27. The van der Waals surface area contributed by atoms with Crippen molar-refractivity contribution < 1.29 is 9.47 Å². The average molecular weight is 133 g/mol. The normalized spacial score (nSPS) is 16.8. The van der Waals surface area contributed by atoms with Crippen LogP contribution in [-0.2, 0) is 13.2 Å². The molecule has 2 aliphatic rings. The first-order valence-electron chi connectivity index (χ1n) is 3.27. The number of ether oxygens (including phenoxy) is 2. The van der Waals surface area contributed by atoms with Crippen molar-refractivity contribution >= 4 is 0 Å². The molecule has 4 bridgehead atoms. The maximum Gasteiger partial charge on any atom is 0.170 e. The fourth-order valence-corrected chi connectivity index (χ4v) is 1.43. The van der Waals surface area contributed by atoms with E-state index in [9.17, 15) is 0 Å². The average Bonchev–Trinajstić information content (AvgIpc) is 2.36. The molecule has 2 aliphatic heterocycles. The second-order valence-electron chi connectivity index (χ2n) is 2.53. The molecule has 0 spiro atoms. The molecule has 0 aromatic heterocycles. The lowest BCUT2D eigenvalue weighted by atomic mass is 10.1. The minimum Gasteiger partial charge on any atom is -0.485 e. The third-order valence-electron chi connectivity index (χ3n) is 1.98. The van der Waals surface area contributed by atoms with Crippen molar-refractivity contribution in [2.75, 3.05) is 0 Å². The van der Waals surface area contributed by atoms with Gasteiger partial charge in [0.1, 0.15) is 13.2 Å². The van der Waals surface area contributed by atoms with Gasteiger partial charge in [-0.1, -0.05) is 0 Å². The molecular weight excluding hydrogens is 128 g/mol. The summed E-state index contributed by atoms with van der Waals surface area (Å²) in [4.78, 5) is 0. The Hall–Kier alpha value is -1.18. The van der Waals surface area contributed by atoms with Gasteiger partial charge >= 0.3 is 0 Å². The molecule has 49 valence electrons. The molecule has 2 heterocycles. The van der Waals surface area contributed by atoms with E-state index in [0.29, 0.717) is 13.2 Å². The number of hydrogen-bond acceptors (Lipinski definition) is 2. The Bertz CT molecular complexity index is 273. The monoisotopic (exact) mass is 133 g/mol. The second-order valence-corrected chi connectivity index (χ2v) is 2.53. The van der Waals surface area contributed by atoms with Crippen LogP contribution in [0.3, 0.4) is 0 Å². The summed E-state index contributed by atoms with van der Waals surface area (Å²) in [5, 5.41) is 0. The molecule has 1 radical (unpaired) electrons. The molecule has 0 N–H and O–H groups in total. The lowest BCUT2D eigenvalue weighted by Crippen LogP contribution is -1.88. The number of benzene rings is 1. The molecule has 0 aliphatic carbocycles. The summed E-state index contributed by atoms with van der Waals surface area (Å²) in [5.74, 6) is 1.72. The van der Waals surface area contributed by atoms with E-state index in [1.54, 1.807) is 0 Å². The maximum absolute atomic E-state index is 5.35. The van der Waals surface area contributed by atoms with E-state index in [-0.39, 0.29) is 0 Å². The van der Waals surface area contributed by atoms with Gasteiger partial charge in [0, 0.05) is 17.2 Å². The maximum atomic E-state index is 5.35. The third kappa shape index (κ3) is 0.347. The molecule has 1 aromatic carbocycles. The van der Waals surface area contributed by atoms with Gasteiger partial charge in [-0.3, -0.25) is 0 Å². The summed E-state index contributed by atoms with van der Waals surface area (Å²) in [6.07, 6.45) is 0. The molecule has 3 rings (SSSR count). The van der Waals surface area contributed by atoms with Crippen LogP contribution in [0, 0.1) is 6.07 Å². The summed E-state index contributed by atoms with van der Waals surface area (Å²) in [7, 11) is 0. The summed E-state index contributed by atoms with van der Waals surface area (Å²) in [5.41, 5.74) is 2.46. The van der Waals surface area contributed by atoms with Crippen molar-refractivity contribution in [3.8, 4) is 11.5 Å². The van der Waals surface area contributed by atoms with Crippen molar-refractivity contribution in [2.45, 2.75) is 13.2 Å². The van der Waals surface area contributed by atoms with Crippen LogP contribution in [0.15, 0.2) is 6.07 Å². The van der Waals surface area contributed by atoms with E-state index < -0.39 is 0 Å². The van der Waals surface area contributed by atoms with E-state index in [1.807, 2.05) is 6.07 Å². The standard InChI is InChI=1S/C8H5O2/c1-2-7-8-6(4-9-7)5(1)3-10-8/h1H,3-4H2. The van der Waals surface area contributed by atoms with Gasteiger partial charge in [0.25, 0.3) is 0 Å². The second kappa shape index (κ2) is 1.29. The molecule has 0 saturated carbocycles. The lowest BCUT2D eigenvalue weighted by molar-refractivity contribution is 0.291. The van der Waals surface area contributed by atoms with E-state index in [0.717, 1.165) is 11.5 Å². The number of rotatable bonds is 0. The topological polar surface area (TPSA) is 18.5 Å². The lowest BCUT2D eigenvalue weighted by Gasteiger charge is -1.95. The highest BCUT2D eigenvalue weighted by atomic mass is 16.5. The Morgan fingerprint density at radius 2 is 2.30 bits per heavy atom. The Morgan fingerprint density at radius 1 is 1.30 bits per heavy atom. The molecule has 1 aromatic rings. The van der Waals surface area contributed by atoms with Crippen LogP contribution in [0.25, 0.3) is 0 Å². The first kappa shape index (κ1) is 4.61. The van der Waals surface area contributed by atoms with Crippen molar-refractivity contribution in [3.63, 3.8) is 0 Å². The van der Waals surface area contributed by atoms with Crippen molar-refractivity contribution in [1.29, 1.82) is 0 Å². The highest BCUT2D eigenvalue weighted by Gasteiger charge is 2.27. The quantitative estimate of drug-likeness (QED) is 0.530. The minimum atomic E-state index is 0.684. The van der Waals surface area contributed by atoms with E-state index >= 15 is 0 Å². The van der Waals surface area contributed by atoms with Crippen molar-refractivity contribution in [3.05, 3.63) is 23.3 Å². The molecule has 0 atom stereocenters. The molecule has 0 fully saturated rings. The van der Waals surface area contributed by atoms with Crippen molar-refractivity contribution in [1.82, 2.24) is 0 Å². The van der Waals surface area contributed by atoms with Gasteiger partial charge < -0.3 is 9.47 Å². The molecule has 2 nitrogen and oxygen atoms in total. The van der Waals surface area contributed by atoms with Crippen LogP contribution in [0.2, 0.25) is 0 Å². The van der Waals surface area contributed by atoms with Gasteiger partial charge in [-0.05, 0) is 6.07 Å². The van der Waals surface area contributed by atoms with Crippen LogP contribution in [0.1, 0.15) is 11.1 Å². The van der Waals surface area contributed by atoms with Gasteiger partial charge in [-0.2, -0.15) is 0 Å². The highest BCUT2D eigenvalue weighted by Crippen LogP contribution is 2.44. The number of hydrogen-bond donors (Lipinski definition) is 0. The first-order valence-corrected chi connectivity index (χ1v) is 3.27. The first-order chi connectivity index (χ1) is 4.95. The highest BCUT2D eigenvalue weighted by molar-refractivity contribution is 5.55. The Labute approximate surface area is 58.4 Å². The van der Waals surface area contributed by atoms with Crippen LogP contribution < -0.4 is 9.47 Å². The summed E-state index contributed by atoms with van der Waals surface area (Å²) in [6, 6.07) is 4.97. The van der Waals surface area contributed by atoms with Crippen LogP contribution >= 0.6 is 0 Å². The Balaban J connectivity index is 2.45. The van der Waals surface area contributed by atoms with Gasteiger partial charge in [0.15, 0.2) is 11.5 Å². The van der Waals surface area contributed by atoms with Crippen LogP contribution in [-0.4, -0.2) is 0 Å². The molecular formula is C8H5O2. The van der Waals surface area contributed by atoms with Gasteiger partial charge in [0.2, 0.25) is 0 Å². The summed E-state index contributed by atoms with van der Waals surface area (Å²) < 4.78 is 10.6. The summed E-state index contributed by atoms with van der Waals surface area (Å²) in [6.45, 7) is 1.40. The van der Waals surface area contributed by atoms with E-state index in [1.165, 1.54) is 11.1 Å². The summed E-state index contributed by atoms with van der Waals surface area (Å²) >= 11 is 0. The molecule has 0 unspecified atom stereocenters. The zero-order chi connectivity index (χ0) is 6.55. The van der Waals surface area contributed by atoms with Crippen LogP contribution in [0.5, 0.6) is 11.5 Å². The molecule has 2 heteroatoms. The van der Waals surface area contributed by atoms with E-state index in [2.05, 4.69) is 6.07 Å². The molecule has 10 heavy (non-hydrogen) atoms. The minimum absolute atomic E-state index is 0.684. The Kier molecular flexibility index (Phi) is 0.592.